The SMILES string of the molecule is CC(=O)Nc1ccccc1N1CCN(c2cc(Nc3ccc(Cl)cc3)nc(-c3cccnc3)n2)CC1. The summed E-state index contributed by atoms with van der Waals surface area (Å²) in [6.07, 6.45) is 3.50. The van der Waals surface area contributed by atoms with Gasteiger partial charge in [0.15, 0.2) is 5.82 Å². The molecule has 0 saturated carbocycles. The molecule has 1 amide bonds. The number of anilines is 5. The highest BCUT2D eigenvalue weighted by Gasteiger charge is 2.22. The lowest BCUT2D eigenvalue weighted by Gasteiger charge is -2.37. The summed E-state index contributed by atoms with van der Waals surface area (Å²) in [7, 11) is 0. The Morgan fingerprint density at radius 1 is 0.917 bits per heavy atom. The lowest BCUT2D eigenvalue weighted by molar-refractivity contribution is -0.114. The van der Waals surface area contributed by atoms with Crippen molar-refractivity contribution in [3.8, 4) is 11.4 Å². The van der Waals surface area contributed by atoms with Crippen LogP contribution in [0.4, 0.5) is 28.7 Å². The molecule has 0 aliphatic carbocycles. The quantitative estimate of drug-likeness (QED) is 0.376. The zero-order valence-corrected chi connectivity index (χ0v) is 20.6. The first kappa shape index (κ1) is 23.6. The van der Waals surface area contributed by atoms with Gasteiger partial charge in [0, 0.05) is 67.8 Å². The van der Waals surface area contributed by atoms with Gasteiger partial charge in [-0.1, -0.05) is 23.7 Å². The molecule has 0 bridgehead atoms. The van der Waals surface area contributed by atoms with Crippen LogP contribution in [-0.2, 0) is 4.79 Å². The predicted octanol–water partition coefficient (Wildman–Crippen LogP) is 5.22. The van der Waals surface area contributed by atoms with Crippen molar-refractivity contribution in [2.45, 2.75) is 6.92 Å². The molecule has 8 nitrogen and oxygen atoms in total. The van der Waals surface area contributed by atoms with Gasteiger partial charge in [0.25, 0.3) is 0 Å². The Morgan fingerprint density at radius 3 is 2.39 bits per heavy atom. The number of aromatic nitrogens is 3. The number of nitrogens with zero attached hydrogens (tertiary/aromatic N) is 5. The number of rotatable bonds is 6. The van der Waals surface area contributed by atoms with Gasteiger partial charge in [-0.15, -0.1) is 0 Å². The molecule has 2 aromatic heterocycles. The number of para-hydroxylation sites is 2. The number of pyridine rings is 1. The van der Waals surface area contributed by atoms with Crippen LogP contribution in [-0.4, -0.2) is 47.0 Å². The summed E-state index contributed by atoms with van der Waals surface area (Å²) >= 11 is 6.05. The first-order valence-electron chi connectivity index (χ1n) is 11.7. The fraction of sp³-hybridized carbons (Fsp3) is 0.185. The summed E-state index contributed by atoms with van der Waals surface area (Å²) in [6, 6.07) is 21.2. The Morgan fingerprint density at radius 2 is 1.67 bits per heavy atom. The van der Waals surface area contributed by atoms with Crippen LogP contribution in [0.15, 0.2) is 79.1 Å². The molecule has 0 radical (unpaired) electrons. The highest BCUT2D eigenvalue weighted by Crippen LogP contribution is 2.29. The van der Waals surface area contributed by atoms with Gasteiger partial charge in [-0.3, -0.25) is 9.78 Å². The number of hydrogen-bond acceptors (Lipinski definition) is 7. The summed E-state index contributed by atoms with van der Waals surface area (Å²) in [6.45, 7) is 4.67. The van der Waals surface area contributed by atoms with Crippen LogP contribution in [0.3, 0.4) is 0 Å². The monoisotopic (exact) mass is 499 g/mol. The van der Waals surface area contributed by atoms with Crippen molar-refractivity contribution in [1.29, 1.82) is 0 Å². The second kappa shape index (κ2) is 10.6. The fourth-order valence-corrected chi connectivity index (χ4v) is 4.31. The van der Waals surface area contributed by atoms with Gasteiger partial charge in [0.2, 0.25) is 5.91 Å². The van der Waals surface area contributed by atoms with E-state index in [9.17, 15) is 4.79 Å². The lowest BCUT2D eigenvalue weighted by Crippen LogP contribution is -2.47. The van der Waals surface area contributed by atoms with Gasteiger partial charge in [-0.2, -0.15) is 0 Å². The van der Waals surface area contributed by atoms with E-state index < -0.39 is 0 Å². The largest absolute Gasteiger partial charge is 0.366 e. The average Bonchev–Trinajstić information content (AvgIpc) is 2.90. The second-order valence-corrected chi connectivity index (χ2v) is 8.92. The van der Waals surface area contributed by atoms with Gasteiger partial charge in [0.05, 0.1) is 11.4 Å². The van der Waals surface area contributed by atoms with Crippen LogP contribution in [0.1, 0.15) is 6.92 Å². The van der Waals surface area contributed by atoms with Gasteiger partial charge >= 0.3 is 0 Å². The molecule has 1 aliphatic rings. The lowest BCUT2D eigenvalue weighted by atomic mass is 10.2. The summed E-state index contributed by atoms with van der Waals surface area (Å²) in [5, 5.41) is 6.99. The van der Waals surface area contributed by atoms with E-state index in [-0.39, 0.29) is 5.91 Å². The third kappa shape index (κ3) is 5.55. The molecule has 2 aromatic carbocycles. The average molecular weight is 500 g/mol. The summed E-state index contributed by atoms with van der Waals surface area (Å²) in [4.78, 5) is 30.0. The van der Waals surface area contributed by atoms with Crippen LogP contribution in [0.5, 0.6) is 0 Å². The van der Waals surface area contributed by atoms with Crippen molar-refractivity contribution in [3.63, 3.8) is 0 Å². The molecule has 1 aliphatic heterocycles. The molecule has 36 heavy (non-hydrogen) atoms. The van der Waals surface area contributed by atoms with Gasteiger partial charge in [-0.05, 0) is 48.5 Å². The highest BCUT2D eigenvalue weighted by molar-refractivity contribution is 6.30. The molecule has 4 aromatic rings. The van der Waals surface area contributed by atoms with E-state index in [2.05, 4.69) is 25.4 Å². The molecule has 5 rings (SSSR count). The number of piperazine rings is 1. The molecule has 2 N–H and O–H groups in total. The number of carbonyl (C=O) groups is 1. The van der Waals surface area contributed by atoms with Gasteiger partial charge in [0.1, 0.15) is 11.6 Å². The number of carbonyl (C=O) groups excluding carboxylic acids is 1. The Kier molecular flexibility index (Phi) is 6.95. The zero-order valence-electron chi connectivity index (χ0n) is 19.9. The summed E-state index contributed by atoms with van der Waals surface area (Å²) in [5.74, 6) is 2.07. The molecule has 9 heteroatoms. The minimum atomic E-state index is -0.0780. The van der Waals surface area contributed by atoms with E-state index in [1.54, 1.807) is 12.4 Å². The molecule has 1 saturated heterocycles. The maximum absolute atomic E-state index is 11.6. The topological polar surface area (TPSA) is 86.3 Å². The van der Waals surface area contributed by atoms with Crippen molar-refractivity contribution in [2.75, 3.05) is 46.6 Å². The van der Waals surface area contributed by atoms with E-state index in [4.69, 9.17) is 21.6 Å². The Bertz CT molecular complexity index is 1340. The predicted molar refractivity (Wildman–Crippen MR) is 145 cm³/mol. The van der Waals surface area contributed by atoms with Gasteiger partial charge < -0.3 is 20.4 Å². The number of halogens is 1. The first-order valence-corrected chi connectivity index (χ1v) is 12.1. The Labute approximate surface area is 215 Å². The first-order chi connectivity index (χ1) is 17.5. The maximum Gasteiger partial charge on any atom is 0.221 e. The molecular weight excluding hydrogens is 474 g/mol. The zero-order chi connectivity index (χ0) is 24.9. The van der Waals surface area contributed by atoms with E-state index in [1.165, 1.54) is 6.92 Å². The molecule has 0 atom stereocenters. The van der Waals surface area contributed by atoms with Crippen molar-refractivity contribution in [3.05, 3.63) is 84.1 Å². The molecular formula is C27H26ClN7O. The van der Waals surface area contributed by atoms with E-state index >= 15 is 0 Å². The molecule has 3 heterocycles. The van der Waals surface area contributed by atoms with Crippen LogP contribution >= 0.6 is 11.6 Å². The maximum atomic E-state index is 11.6. The minimum absolute atomic E-state index is 0.0780. The summed E-state index contributed by atoms with van der Waals surface area (Å²) < 4.78 is 0. The standard InChI is InChI=1S/C27H26ClN7O/c1-19(36)30-23-6-2-3-7-24(23)34-13-15-35(16-14-34)26-17-25(31-22-10-8-21(28)9-11-22)32-27(33-26)20-5-4-12-29-18-20/h2-12,17-18H,13-16H2,1H3,(H,30,36)(H,31,32,33). The Balaban J connectivity index is 1.39. The number of nitrogens with one attached hydrogen (secondary N) is 2. The second-order valence-electron chi connectivity index (χ2n) is 8.48. The third-order valence-corrected chi connectivity index (χ3v) is 6.16. The van der Waals surface area contributed by atoms with E-state index in [0.29, 0.717) is 16.7 Å². The summed E-state index contributed by atoms with van der Waals surface area (Å²) in [5.41, 5.74) is 3.59. The number of amides is 1. The van der Waals surface area contributed by atoms with Crippen molar-refractivity contribution in [1.82, 2.24) is 15.0 Å². The molecule has 0 unspecified atom stereocenters. The third-order valence-electron chi connectivity index (χ3n) is 5.91. The number of benzene rings is 2. The minimum Gasteiger partial charge on any atom is -0.366 e. The van der Waals surface area contributed by atoms with Crippen LogP contribution in [0.2, 0.25) is 5.02 Å². The van der Waals surface area contributed by atoms with Crippen molar-refractivity contribution >= 4 is 46.2 Å². The van der Waals surface area contributed by atoms with E-state index in [1.807, 2.05) is 66.7 Å². The molecule has 182 valence electrons. The van der Waals surface area contributed by atoms with Crippen LogP contribution in [0, 0.1) is 0 Å². The van der Waals surface area contributed by atoms with Crippen molar-refractivity contribution < 1.29 is 4.79 Å². The van der Waals surface area contributed by atoms with Crippen LogP contribution in [0.25, 0.3) is 11.4 Å². The smallest absolute Gasteiger partial charge is 0.221 e. The molecule has 1 fully saturated rings. The highest BCUT2D eigenvalue weighted by atomic mass is 35.5. The fourth-order valence-electron chi connectivity index (χ4n) is 4.19. The van der Waals surface area contributed by atoms with Gasteiger partial charge in [-0.25, -0.2) is 9.97 Å². The number of hydrogen-bond donors (Lipinski definition) is 2. The normalized spacial score (nSPS) is 13.4. The Hall–Kier alpha value is -4.17. The van der Waals surface area contributed by atoms with E-state index in [0.717, 1.165) is 54.6 Å². The molecule has 0 spiro atoms. The van der Waals surface area contributed by atoms with Crippen LogP contribution < -0.4 is 20.4 Å². The van der Waals surface area contributed by atoms with Crippen molar-refractivity contribution in [2.24, 2.45) is 0 Å².